The molecule has 0 radical (unpaired) electrons. The highest BCUT2D eigenvalue weighted by Crippen LogP contribution is 2.28. The van der Waals surface area contributed by atoms with Crippen molar-refractivity contribution in [1.82, 2.24) is 4.90 Å². The fourth-order valence-electron chi connectivity index (χ4n) is 2.20. The van der Waals surface area contributed by atoms with Crippen molar-refractivity contribution in [3.8, 4) is 0 Å². The minimum atomic E-state index is -0.639. The largest absolute Gasteiger partial charge is 0.368 e. The van der Waals surface area contributed by atoms with Crippen LogP contribution in [0.5, 0.6) is 0 Å². The maximum absolute atomic E-state index is 12.4. The first-order valence-corrected chi connectivity index (χ1v) is 6.57. The van der Waals surface area contributed by atoms with Gasteiger partial charge < -0.3 is 10.6 Å². The highest BCUT2D eigenvalue weighted by molar-refractivity contribution is 6.19. The van der Waals surface area contributed by atoms with Crippen LogP contribution in [0.3, 0.4) is 0 Å². The average Bonchev–Trinajstić information content (AvgIpc) is 2.77. The smallest absolute Gasteiger partial charge is 0.237 e. The van der Waals surface area contributed by atoms with Crippen molar-refractivity contribution < 1.29 is 9.59 Å². The van der Waals surface area contributed by atoms with Crippen LogP contribution in [0.2, 0.25) is 0 Å². The summed E-state index contributed by atoms with van der Waals surface area (Å²) in [4.78, 5) is 25.1. The van der Waals surface area contributed by atoms with Crippen LogP contribution >= 0.6 is 11.6 Å². The number of amides is 2. The number of carbonyl (C=O) groups is 2. The Morgan fingerprint density at radius 1 is 1.35 bits per heavy atom. The van der Waals surface area contributed by atoms with Crippen molar-refractivity contribution in [3.05, 3.63) is 0 Å². The molecule has 17 heavy (non-hydrogen) atoms. The molecule has 0 spiro atoms. The van der Waals surface area contributed by atoms with Gasteiger partial charge in [0.1, 0.15) is 0 Å². The van der Waals surface area contributed by atoms with Crippen LogP contribution in [-0.4, -0.2) is 35.2 Å². The van der Waals surface area contributed by atoms with Gasteiger partial charge in [-0.1, -0.05) is 12.8 Å². The summed E-state index contributed by atoms with van der Waals surface area (Å²) >= 11 is 5.81. The summed E-state index contributed by atoms with van der Waals surface area (Å²) in [5.74, 6) is -0.290. The quantitative estimate of drug-likeness (QED) is 0.762. The van der Waals surface area contributed by atoms with Crippen molar-refractivity contribution in [2.24, 2.45) is 11.1 Å². The predicted octanol–water partition coefficient (Wildman–Crippen LogP) is 1.51. The van der Waals surface area contributed by atoms with E-state index in [1.165, 1.54) is 0 Å². The van der Waals surface area contributed by atoms with E-state index in [1.807, 2.05) is 0 Å². The van der Waals surface area contributed by atoms with Gasteiger partial charge in [0, 0.05) is 11.9 Å². The van der Waals surface area contributed by atoms with Crippen molar-refractivity contribution in [1.29, 1.82) is 0 Å². The molecule has 1 saturated carbocycles. The molecule has 4 nitrogen and oxygen atoms in total. The summed E-state index contributed by atoms with van der Waals surface area (Å²) in [7, 11) is 0. The van der Waals surface area contributed by atoms with Crippen LogP contribution in [0.1, 0.15) is 39.5 Å². The maximum Gasteiger partial charge on any atom is 0.237 e. The van der Waals surface area contributed by atoms with Gasteiger partial charge in [-0.2, -0.15) is 0 Å². The van der Waals surface area contributed by atoms with Gasteiger partial charge >= 0.3 is 0 Å². The monoisotopic (exact) mass is 260 g/mol. The molecule has 0 heterocycles. The van der Waals surface area contributed by atoms with Gasteiger partial charge in [0.2, 0.25) is 11.8 Å². The van der Waals surface area contributed by atoms with Crippen molar-refractivity contribution >= 4 is 23.4 Å². The Morgan fingerprint density at radius 2 is 1.88 bits per heavy atom. The van der Waals surface area contributed by atoms with Crippen LogP contribution in [0.25, 0.3) is 0 Å². The fraction of sp³-hybridized carbons (Fsp3) is 0.833. The first kappa shape index (κ1) is 14.3. The van der Waals surface area contributed by atoms with Gasteiger partial charge in [-0.05, 0) is 26.7 Å². The summed E-state index contributed by atoms with van der Waals surface area (Å²) < 4.78 is 0. The fourth-order valence-corrected chi connectivity index (χ4v) is 2.31. The number of alkyl halides is 1. The number of halogens is 1. The Balaban J connectivity index is 2.81. The molecule has 2 N–H and O–H groups in total. The van der Waals surface area contributed by atoms with Crippen LogP contribution in [0.15, 0.2) is 0 Å². The van der Waals surface area contributed by atoms with E-state index in [0.717, 1.165) is 25.7 Å². The van der Waals surface area contributed by atoms with Gasteiger partial charge in [-0.25, -0.2) is 0 Å². The second-order valence-corrected chi connectivity index (χ2v) is 5.62. The Hall–Kier alpha value is -0.770. The Morgan fingerprint density at radius 3 is 2.29 bits per heavy atom. The van der Waals surface area contributed by atoms with Crippen LogP contribution < -0.4 is 5.73 Å². The number of primary amides is 1. The molecular formula is C12H21ClN2O2. The Kier molecular flexibility index (Phi) is 4.80. The molecule has 5 heteroatoms. The van der Waals surface area contributed by atoms with Crippen molar-refractivity contribution in [2.45, 2.75) is 45.6 Å². The molecule has 1 aliphatic rings. The van der Waals surface area contributed by atoms with Crippen molar-refractivity contribution in [3.63, 3.8) is 0 Å². The maximum atomic E-state index is 12.4. The van der Waals surface area contributed by atoms with Gasteiger partial charge in [0.15, 0.2) is 0 Å². The molecule has 0 saturated heterocycles. The standard InChI is InChI=1S/C12H21ClN2O2/c1-12(2,8-13)11(17)15(7-10(14)16)9-5-3-4-6-9/h9H,3-8H2,1-2H3,(H2,14,16). The van der Waals surface area contributed by atoms with Crippen LogP contribution in [0, 0.1) is 5.41 Å². The second kappa shape index (κ2) is 5.71. The molecule has 0 bridgehead atoms. The molecule has 0 aliphatic heterocycles. The molecule has 0 aromatic heterocycles. The predicted molar refractivity (Wildman–Crippen MR) is 67.7 cm³/mol. The third-order valence-electron chi connectivity index (χ3n) is 3.27. The summed E-state index contributed by atoms with van der Waals surface area (Å²) in [5, 5.41) is 0. The van der Waals surface area contributed by atoms with E-state index >= 15 is 0 Å². The molecule has 0 atom stereocenters. The van der Waals surface area contributed by atoms with E-state index in [4.69, 9.17) is 17.3 Å². The molecule has 1 fully saturated rings. The van der Waals surface area contributed by atoms with Gasteiger partial charge in [0.05, 0.1) is 12.0 Å². The summed E-state index contributed by atoms with van der Waals surface area (Å²) in [6.07, 6.45) is 4.12. The third kappa shape index (κ3) is 3.60. The zero-order chi connectivity index (χ0) is 13.1. The molecule has 0 aromatic rings. The highest BCUT2D eigenvalue weighted by Gasteiger charge is 2.36. The lowest BCUT2D eigenvalue weighted by molar-refractivity contribution is -0.144. The summed E-state index contributed by atoms with van der Waals surface area (Å²) in [5.41, 5.74) is 4.58. The van der Waals surface area contributed by atoms with E-state index < -0.39 is 11.3 Å². The Labute approximate surface area is 107 Å². The molecule has 98 valence electrons. The topological polar surface area (TPSA) is 63.4 Å². The zero-order valence-electron chi connectivity index (χ0n) is 10.5. The first-order chi connectivity index (χ1) is 7.88. The first-order valence-electron chi connectivity index (χ1n) is 6.04. The number of carbonyl (C=O) groups excluding carboxylic acids is 2. The van der Waals surface area contributed by atoms with Crippen LogP contribution in [0.4, 0.5) is 0 Å². The minimum absolute atomic E-state index is 0.00379. The second-order valence-electron chi connectivity index (χ2n) is 5.36. The number of nitrogens with two attached hydrogens (primary N) is 1. The minimum Gasteiger partial charge on any atom is -0.368 e. The van der Waals surface area contributed by atoms with E-state index in [0.29, 0.717) is 0 Å². The SMILES string of the molecule is CC(C)(CCl)C(=O)N(CC(N)=O)C1CCCC1. The lowest BCUT2D eigenvalue weighted by Gasteiger charge is -2.34. The highest BCUT2D eigenvalue weighted by atomic mass is 35.5. The zero-order valence-corrected chi connectivity index (χ0v) is 11.3. The lowest BCUT2D eigenvalue weighted by atomic mass is 9.93. The molecule has 0 unspecified atom stereocenters. The van der Waals surface area contributed by atoms with Gasteiger partial charge in [0.25, 0.3) is 0 Å². The Bertz CT molecular complexity index is 299. The molecule has 0 aromatic carbocycles. The van der Waals surface area contributed by atoms with Crippen LogP contribution in [-0.2, 0) is 9.59 Å². The molecular weight excluding hydrogens is 240 g/mol. The van der Waals surface area contributed by atoms with E-state index in [9.17, 15) is 9.59 Å². The lowest BCUT2D eigenvalue weighted by Crippen LogP contribution is -2.50. The number of hydrogen-bond acceptors (Lipinski definition) is 2. The van der Waals surface area contributed by atoms with E-state index in [-0.39, 0.29) is 24.4 Å². The molecule has 1 aliphatic carbocycles. The number of nitrogens with zero attached hydrogens (tertiary/aromatic N) is 1. The third-order valence-corrected chi connectivity index (χ3v) is 3.93. The van der Waals surface area contributed by atoms with E-state index in [2.05, 4.69) is 0 Å². The summed E-state index contributed by atoms with van der Waals surface area (Å²) in [6, 6.07) is 0.150. The van der Waals surface area contributed by atoms with E-state index in [1.54, 1.807) is 18.7 Å². The normalized spacial score (nSPS) is 17.1. The number of rotatable bonds is 5. The molecule has 1 rings (SSSR count). The number of hydrogen-bond donors (Lipinski definition) is 1. The molecule has 2 amide bonds. The van der Waals surface area contributed by atoms with Crippen molar-refractivity contribution in [2.75, 3.05) is 12.4 Å². The van der Waals surface area contributed by atoms with Gasteiger partial charge in [-0.15, -0.1) is 11.6 Å². The average molecular weight is 261 g/mol. The summed E-state index contributed by atoms with van der Waals surface area (Å²) in [6.45, 7) is 3.60. The van der Waals surface area contributed by atoms with Gasteiger partial charge in [-0.3, -0.25) is 9.59 Å².